The van der Waals surface area contributed by atoms with Crippen LogP contribution in [0.15, 0.2) is 64.4 Å². The fourth-order valence-electron chi connectivity index (χ4n) is 2.94. The van der Waals surface area contributed by atoms with Crippen LogP contribution in [-0.2, 0) is 10.0 Å². The minimum absolute atomic E-state index is 0.403. The first-order valence-electron chi connectivity index (χ1n) is 8.46. The van der Waals surface area contributed by atoms with Crippen molar-refractivity contribution in [3.05, 3.63) is 65.6 Å². The lowest BCUT2D eigenvalue weighted by Crippen LogP contribution is -2.48. The number of hydrogen-bond donors (Lipinski definition) is 0. The van der Waals surface area contributed by atoms with Crippen LogP contribution in [0.2, 0.25) is 0 Å². The van der Waals surface area contributed by atoms with E-state index in [0.29, 0.717) is 32.2 Å². The fraction of sp³-hybridized carbons (Fsp3) is 0.211. The maximum absolute atomic E-state index is 12.5. The number of fused-ring (bicyclic) bond motifs is 1. The molecule has 7 heteroatoms. The molecule has 0 spiro atoms. The second kappa shape index (κ2) is 6.93. The number of nitrogens with zero attached hydrogens (tertiary/aromatic N) is 3. The van der Waals surface area contributed by atoms with Crippen molar-refractivity contribution in [1.29, 1.82) is 0 Å². The number of piperazine rings is 1. The van der Waals surface area contributed by atoms with E-state index in [1.165, 1.54) is 9.71 Å². The highest BCUT2D eigenvalue weighted by atomic mass is 32.2. The second-order valence-corrected chi connectivity index (χ2v) is 7.93. The average Bonchev–Trinajstić information content (AvgIpc) is 3.12. The summed E-state index contributed by atoms with van der Waals surface area (Å²) in [6, 6.07) is 17.5. The maximum atomic E-state index is 12.5. The van der Waals surface area contributed by atoms with Gasteiger partial charge < -0.3 is 9.32 Å². The summed E-state index contributed by atoms with van der Waals surface area (Å²) in [4.78, 5) is 6.46. The van der Waals surface area contributed by atoms with E-state index in [0.717, 1.165) is 16.7 Å². The summed E-state index contributed by atoms with van der Waals surface area (Å²) in [7, 11) is -3.44. The lowest BCUT2D eigenvalue weighted by Gasteiger charge is -2.32. The molecule has 1 fully saturated rings. The van der Waals surface area contributed by atoms with Gasteiger partial charge in [0.05, 0.1) is 0 Å². The number of aromatic nitrogens is 1. The van der Waals surface area contributed by atoms with Crippen LogP contribution in [0.1, 0.15) is 5.56 Å². The largest absolute Gasteiger partial charge is 0.423 e. The predicted molar refractivity (Wildman–Crippen MR) is 102 cm³/mol. The third-order valence-corrected chi connectivity index (χ3v) is 5.95. The van der Waals surface area contributed by atoms with Gasteiger partial charge in [0.2, 0.25) is 10.0 Å². The van der Waals surface area contributed by atoms with Crippen LogP contribution in [0, 0.1) is 0 Å². The van der Waals surface area contributed by atoms with E-state index in [9.17, 15) is 8.42 Å². The van der Waals surface area contributed by atoms with Gasteiger partial charge in [0.1, 0.15) is 5.52 Å². The van der Waals surface area contributed by atoms with Crippen LogP contribution in [0.5, 0.6) is 0 Å². The highest BCUT2D eigenvalue weighted by Crippen LogP contribution is 2.23. The molecule has 3 aromatic rings. The second-order valence-electron chi connectivity index (χ2n) is 6.11. The lowest BCUT2D eigenvalue weighted by atomic mass is 10.2. The number of anilines is 1. The lowest BCUT2D eigenvalue weighted by molar-refractivity contribution is 0.378. The van der Waals surface area contributed by atoms with Crippen molar-refractivity contribution in [2.24, 2.45) is 0 Å². The van der Waals surface area contributed by atoms with E-state index < -0.39 is 10.0 Å². The zero-order chi connectivity index (χ0) is 18.0. The third kappa shape index (κ3) is 3.49. The Hall–Kier alpha value is -2.64. The molecule has 1 aliphatic rings. The van der Waals surface area contributed by atoms with E-state index in [2.05, 4.69) is 4.98 Å². The number of para-hydroxylation sites is 2. The molecule has 0 aliphatic carbocycles. The topological polar surface area (TPSA) is 66.7 Å². The maximum Gasteiger partial charge on any atom is 0.298 e. The third-order valence-electron chi connectivity index (χ3n) is 4.38. The van der Waals surface area contributed by atoms with E-state index in [1.54, 1.807) is 6.08 Å². The molecule has 26 heavy (non-hydrogen) atoms. The van der Waals surface area contributed by atoms with E-state index >= 15 is 0 Å². The molecule has 0 atom stereocenters. The molecule has 6 nitrogen and oxygen atoms in total. The molecule has 1 saturated heterocycles. The van der Waals surface area contributed by atoms with E-state index in [1.807, 2.05) is 59.5 Å². The Morgan fingerprint density at radius 3 is 2.35 bits per heavy atom. The van der Waals surface area contributed by atoms with Gasteiger partial charge in [-0.3, -0.25) is 0 Å². The van der Waals surface area contributed by atoms with Crippen LogP contribution in [0.3, 0.4) is 0 Å². The molecular formula is C19H19N3O3S. The van der Waals surface area contributed by atoms with Gasteiger partial charge in [-0.1, -0.05) is 42.5 Å². The molecule has 4 rings (SSSR count). The number of benzene rings is 2. The van der Waals surface area contributed by atoms with Crippen LogP contribution in [0.4, 0.5) is 6.01 Å². The van der Waals surface area contributed by atoms with Crippen molar-refractivity contribution in [1.82, 2.24) is 9.29 Å². The number of oxazole rings is 1. The zero-order valence-corrected chi connectivity index (χ0v) is 15.0. The molecule has 0 bridgehead atoms. The molecule has 1 aromatic heterocycles. The molecule has 0 N–H and O–H groups in total. The molecule has 2 aromatic carbocycles. The Morgan fingerprint density at radius 2 is 1.62 bits per heavy atom. The summed E-state index contributed by atoms with van der Waals surface area (Å²) in [6.45, 7) is 1.90. The van der Waals surface area contributed by atoms with Gasteiger partial charge in [-0.25, -0.2) is 8.42 Å². The molecule has 0 amide bonds. The summed E-state index contributed by atoms with van der Waals surface area (Å²) in [6.07, 6.45) is 1.63. The van der Waals surface area contributed by atoms with Crippen molar-refractivity contribution in [2.75, 3.05) is 31.1 Å². The van der Waals surface area contributed by atoms with Crippen molar-refractivity contribution in [3.8, 4) is 0 Å². The summed E-state index contributed by atoms with van der Waals surface area (Å²) < 4.78 is 32.3. The SMILES string of the molecule is O=S(=O)(/C=C/c1ccccc1)N1CCN(c2nc3ccccc3o2)CC1. The van der Waals surface area contributed by atoms with Gasteiger partial charge in [-0.2, -0.15) is 9.29 Å². The standard InChI is InChI=1S/C19H19N3O3S/c23-26(24,15-10-16-6-2-1-3-7-16)22-13-11-21(12-14-22)19-20-17-8-4-5-9-18(17)25-19/h1-10,15H,11-14H2/b15-10+. The Kier molecular flexibility index (Phi) is 4.48. The van der Waals surface area contributed by atoms with Gasteiger partial charge in [0.15, 0.2) is 5.58 Å². The van der Waals surface area contributed by atoms with Crippen LogP contribution < -0.4 is 4.90 Å². The molecule has 0 radical (unpaired) electrons. The summed E-state index contributed by atoms with van der Waals surface area (Å²) >= 11 is 0. The van der Waals surface area contributed by atoms with E-state index in [4.69, 9.17) is 4.42 Å². The van der Waals surface area contributed by atoms with Gasteiger partial charge >= 0.3 is 0 Å². The predicted octanol–water partition coefficient (Wildman–Crippen LogP) is 2.95. The van der Waals surface area contributed by atoms with Crippen molar-refractivity contribution < 1.29 is 12.8 Å². The van der Waals surface area contributed by atoms with E-state index in [-0.39, 0.29) is 0 Å². The van der Waals surface area contributed by atoms with Crippen LogP contribution in [-0.4, -0.2) is 43.9 Å². The van der Waals surface area contributed by atoms with Crippen molar-refractivity contribution in [3.63, 3.8) is 0 Å². The number of sulfonamides is 1. The quantitative estimate of drug-likeness (QED) is 0.707. The molecule has 1 aliphatic heterocycles. The Morgan fingerprint density at radius 1 is 0.923 bits per heavy atom. The monoisotopic (exact) mass is 369 g/mol. The van der Waals surface area contributed by atoms with Crippen LogP contribution >= 0.6 is 0 Å². The van der Waals surface area contributed by atoms with Gasteiger partial charge in [-0.05, 0) is 23.8 Å². The first-order chi connectivity index (χ1) is 12.6. The Labute approximate surface area is 152 Å². The summed E-state index contributed by atoms with van der Waals surface area (Å²) in [5.74, 6) is 0. The molecule has 0 unspecified atom stereocenters. The minimum atomic E-state index is -3.44. The first kappa shape index (κ1) is 16.8. The van der Waals surface area contributed by atoms with Gasteiger partial charge in [0, 0.05) is 31.6 Å². The number of hydrogen-bond acceptors (Lipinski definition) is 5. The first-order valence-corrected chi connectivity index (χ1v) is 9.96. The molecule has 2 heterocycles. The Bertz CT molecular complexity index is 987. The van der Waals surface area contributed by atoms with Crippen LogP contribution in [0.25, 0.3) is 17.2 Å². The van der Waals surface area contributed by atoms with Crippen molar-refractivity contribution in [2.45, 2.75) is 0 Å². The average molecular weight is 369 g/mol. The molecule has 0 saturated carbocycles. The molecule has 134 valence electrons. The van der Waals surface area contributed by atoms with Gasteiger partial charge in [-0.15, -0.1) is 0 Å². The highest BCUT2D eigenvalue weighted by Gasteiger charge is 2.27. The summed E-state index contributed by atoms with van der Waals surface area (Å²) in [5, 5.41) is 1.28. The minimum Gasteiger partial charge on any atom is -0.423 e. The molecular weight excluding hydrogens is 350 g/mol. The Balaban J connectivity index is 1.43. The highest BCUT2D eigenvalue weighted by molar-refractivity contribution is 7.92. The van der Waals surface area contributed by atoms with Gasteiger partial charge in [0.25, 0.3) is 6.01 Å². The fourth-order valence-corrected chi connectivity index (χ4v) is 4.12. The summed E-state index contributed by atoms with van der Waals surface area (Å²) in [5.41, 5.74) is 2.41. The smallest absolute Gasteiger partial charge is 0.298 e. The zero-order valence-electron chi connectivity index (χ0n) is 14.2. The normalized spacial score (nSPS) is 16.5. The number of rotatable bonds is 4. The van der Waals surface area contributed by atoms with Crippen molar-refractivity contribution >= 4 is 33.2 Å².